The molecule has 1 heterocycles. The van der Waals surface area contributed by atoms with E-state index in [1.54, 1.807) is 13.3 Å². The van der Waals surface area contributed by atoms with Crippen LogP contribution in [0.4, 0.5) is 18.3 Å². The van der Waals surface area contributed by atoms with Crippen LogP contribution in [0.15, 0.2) is 60.8 Å². The zero-order chi connectivity index (χ0) is 20.9. The van der Waals surface area contributed by atoms with E-state index in [4.69, 9.17) is 4.74 Å². The van der Waals surface area contributed by atoms with Crippen LogP contribution in [0.25, 0.3) is 6.08 Å². The van der Waals surface area contributed by atoms with Gasteiger partial charge in [-0.2, -0.15) is 13.2 Å². The molecule has 0 fully saturated rings. The molecule has 3 rings (SSSR count). The topological polar surface area (TPSA) is 51.2 Å². The molecule has 3 aromatic rings. The number of thiazole rings is 1. The fourth-order valence-electron chi connectivity index (χ4n) is 2.53. The minimum atomic E-state index is -4.42. The van der Waals surface area contributed by atoms with Gasteiger partial charge < -0.3 is 4.74 Å². The highest BCUT2D eigenvalue weighted by molar-refractivity contribution is 7.15. The highest BCUT2D eigenvalue weighted by atomic mass is 32.1. The van der Waals surface area contributed by atoms with Crippen LogP contribution in [0, 0.1) is 0 Å². The summed E-state index contributed by atoms with van der Waals surface area (Å²) in [6.07, 6.45) is 0.433. The average Bonchev–Trinajstić information content (AvgIpc) is 3.13. The molecule has 0 aliphatic rings. The summed E-state index contributed by atoms with van der Waals surface area (Å²) in [5.41, 5.74) is 0.606. The van der Waals surface area contributed by atoms with E-state index in [0.717, 1.165) is 28.3 Å². The third-order valence-corrected chi connectivity index (χ3v) is 4.87. The molecule has 0 bridgehead atoms. The highest BCUT2D eigenvalue weighted by Crippen LogP contribution is 2.29. The van der Waals surface area contributed by atoms with Crippen molar-refractivity contribution in [3.05, 3.63) is 82.4 Å². The number of carbonyl (C=O) groups is 1. The van der Waals surface area contributed by atoms with Crippen molar-refractivity contribution in [2.75, 3.05) is 12.4 Å². The quantitative estimate of drug-likeness (QED) is 0.545. The molecule has 0 unspecified atom stereocenters. The van der Waals surface area contributed by atoms with Crippen molar-refractivity contribution < 1.29 is 22.7 Å². The molecule has 1 aromatic heterocycles. The maximum Gasteiger partial charge on any atom is 0.416 e. The number of alkyl halides is 3. The Morgan fingerprint density at radius 2 is 1.97 bits per heavy atom. The Bertz CT molecular complexity index is 1010. The molecule has 1 amide bonds. The minimum absolute atomic E-state index is 0.286. The molecule has 150 valence electrons. The van der Waals surface area contributed by atoms with E-state index in [9.17, 15) is 18.0 Å². The van der Waals surface area contributed by atoms with E-state index in [-0.39, 0.29) is 5.56 Å². The maximum absolute atomic E-state index is 12.7. The maximum atomic E-state index is 12.7. The molecular weight excluding hydrogens is 401 g/mol. The summed E-state index contributed by atoms with van der Waals surface area (Å²) in [6.45, 7) is 0. The smallest absolute Gasteiger partial charge is 0.416 e. The number of carbonyl (C=O) groups excluding carboxylic acids is 1. The summed E-state index contributed by atoms with van der Waals surface area (Å²) in [5, 5.41) is 3.04. The van der Waals surface area contributed by atoms with Gasteiger partial charge in [0.05, 0.1) is 12.7 Å². The van der Waals surface area contributed by atoms with Crippen molar-refractivity contribution in [3.63, 3.8) is 0 Å². The molecule has 29 heavy (non-hydrogen) atoms. The molecular formula is C21H17F3N2O2S. The lowest BCUT2D eigenvalue weighted by molar-refractivity contribution is -0.137. The highest BCUT2D eigenvalue weighted by Gasteiger charge is 2.30. The minimum Gasteiger partial charge on any atom is -0.497 e. The Morgan fingerprint density at radius 3 is 2.66 bits per heavy atom. The fraction of sp³-hybridized carbons (Fsp3) is 0.143. The van der Waals surface area contributed by atoms with Crippen LogP contribution >= 0.6 is 11.3 Å². The van der Waals surface area contributed by atoms with E-state index in [1.807, 2.05) is 24.3 Å². The van der Waals surface area contributed by atoms with Crippen LogP contribution in [-0.4, -0.2) is 18.0 Å². The van der Waals surface area contributed by atoms with Gasteiger partial charge in [-0.3, -0.25) is 10.1 Å². The van der Waals surface area contributed by atoms with Crippen LogP contribution in [-0.2, 0) is 17.4 Å². The summed E-state index contributed by atoms with van der Waals surface area (Å²) in [6, 6.07) is 12.4. The number of anilines is 1. The van der Waals surface area contributed by atoms with Gasteiger partial charge in [-0.05, 0) is 41.5 Å². The number of nitrogens with zero attached hydrogens (tertiary/aromatic N) is 1. The average molecular weight is 418 g/mol. The Morgan fingerprint density at radius 1 is 1.21 bits per heavy atom. The molecule has 0 aliphatic heterocycles. The number of nitrogens with one attached hydrogen (secondary N) is 1. The number of benzene rings is 2. The predicted octanol–water partition coefficient (Wildman–Crippen LogP) is 5.41. The van der Waals surface area contributed by atoms with Crippen LogP contribution in [0.1, 0.15) is 21.6 Å². The first-order valence-electron chi connectivity index (χ1n) is 8.57. The number of rotatable bonds is 6. The van der Waals surface area contributed by atoms with Gasteiger partial charge in [-0.25, -0.2) is 4.98 Å². The summed E-state index contributed by atoms with van der Waals surface area (Å²) in [7, 11) is 1.61. The summed E-state index contributed by atoms with van der Waals surface area (Å²) >= 11 is 1.34. The molecule has 1 N–H and O–H groups in total. The molecule has 8 heteroatoms. The first kappa shape index (κ1) is 20.6. The predicted molar refractivity (Wildman–Crippen MR) is 107 cm³/mol. The number of hydrogen-bond acceptors (Lipinski definition) is 4. The van der Waals surface area contributed by atoms with Crippen LogP contribution < -0.4 is 10.1 Å². The lowest BCUT2D eigenvalue weighted by Crippen LogP contribution is -2.07. The van der Waals surface area contributed by atoms with Gasteiger partial charge in [0.1, 0.15) is 5.75 Å². The SMILES string of the molecule is COc1ccc(Cc2cnc(NC(=O)/C=C/c3cccc(C(F)(F)F)c3)s2)cc1. The number of amides is 1. The van der Waals surface area contributed by atoms with E-state index in [1.165, 1.54) is 35.6 Å². The van der Waals surface area contributed by atoms with Gasteiger partial charge in [0.2, 0.25) is 5.91 Å². The summed E-state index contributed by atoms with van der Waals surface area (Å²) in [5.74, 6) is 0.311. The standard InChI is InChI=1S/C21H17F3N2O2S/c1-28-17-8-5-15(6-9-17)12-18-13-25-20(29-18)26-19(27)10-7-14-3-2-4-16(11-14)21(22,23)24/h2-11,13H,12H2,1H3,(H,25,26,27)/b10-7+. The van der Waals surface area contributed by atoms with E-state index in [2.05, 4.69) is 10.3 Å². The summed E-state index contributed by atoms with van der Waals surface area (Å²) < 4.78 is 43.3. The number of methoxy groups -OCH3 is 1. The van der Waals surface area contributed by atoms with Gasteiger partial charge in [0.25, 0.3) is 0 Å². The van der Waals surface area contributed by atoms with E-state index < -0.39 is 17.6 Å². The van der Waals surface area contributed by atoms with Gasteiger partial charge in [0, 0.05) is 23.6 Å². The van der Waals surface area contributed by atoms with Crippen molar-refractivity contribution in [2.45, 2.75) is 12.6 Å². The molecule has 0 aliphatic carbocycles. The van der Waals surface area contributed by atoms with Crippen molar-refractivity contribution >= 4 is 28.5 Å². The van der Waals surface area contributed by atoms with Gasteiger partial charge in [-0.15, -0.1) is 11.3 Å². The lowest BCUT2D eigenvalue weighted by atomic mass is 10.1. The van der Waals surface area contributed by atoms with Crippen molar-refractivity contribution in [2.24, 2.45) is 0 Å². The molecule has 0 saturated heterocycles. The molecule has 0 spiro atoms. The third-order valence-electron chi connectivity index (χ3n) is 3.96. The lowest BCUT2D eigenvalue weighted by Gasteiger charge is -2.06. The second kappa shape index (κ2) is 8.91. The van der Waals surface area contributed by atoms with Crippen LogP contribution in [0.2, 0.25) is 0 Å². The second-order valence-electron chi connectivity index (χ2n) is 6.10. The van der Waals surface area contributed by atoms with Gasteiger partial charge >= 0.3 is 6.18 Å². The Kier molecular flexibility index (Phi) is 6.33. The zero-order valence-corrected chi connectivity index (χ0v) is 16.2. The molecule has 0 radical (unpaired) electrons. The molecule has 0 atom stereocenters. The molecule has 4 nitrogen and oxygen atoms in total. The van der Waals surface area contributed by atoms with E-state index in [0.29, 0.717) is 11.6 Å². The van der Waals surface area contributed by atoms with Gasteiger partial charge in [-0.1, -0.05) is 24.3 Å². The number of aromatic nitrogens is 1. The Balaban J connectivity index is 1.59. The third kappa shape index (κ3) is 5.92. The van der Waals surface area contributed by atoms with Crippen molar-refractivity contribution in [1.29, 1.82) is 0 Å². The summed E-state index contributed by atoms with van der Waals surface area (Å²) in [4.78, 5) is 17.2. The first-order chi connectivity index (χ1) is 13.8. The second-order valence-corrected chi connectivity index (χ2v) is 7.22. The number of ether oxygens (including phenoxy) is 1. The Hall–Kier alpha value is -3.13. The zero-order valence-electron chi connectivity index (χ0n) is 15.4. The first-order valence-corrected chi connectivity index (χ1v) is 9.39. The number of halogens is 3. The fourth-order valence-corrected chi connectivity index (χ4v) is 3.38. The van der Waals surface area contributed by atoms with Crippen molar-refractivity contribution in [1.82, 2.24) is 4.98 Å². The monoisotopic (exact) mass is 418 g/mol. The van der Waals surface area contributed by atoms with Gasteiger partial charge in [0.15, 0.2) is 5.13 Å². The van der Waals surface area contributed by atoms with Crippen LogP contribution in [0.5, 0.6) is 5.75 Å². The molecule has 2 aromatic carbocycles. The normalized spacial score (nSPS) is 11.6. The number of hydrogen-bond donors (Lipinski definition) is 1. The van der Waals surface area contributed by atoms with E-state index >= 15 is 0 Å². The molecule has 0 saturated carbocycles. The van der Waals surface area contributed by atoms with Crippen LogP contribution in [0.3, 0.4) is 0 Å². The largest absolute Gasteiger partial charge is 0.497 e. The Labute approximate surface area is 169 Å². The van der Waals surface area contributed by atoms with Crippen molar-refractivity contribution in [3.8, 4) is 5.75 Å².